The van der Waals surface area contributed by atoms with Gasteiger partial charge in [0, 0.05) is 29.7 Å². The summed E-state index contributed by atoms with van der Waals surface area (Å²) in [4.78, 5) is 19.7. The van der Waals surface area contributed by atoms with Gasteiger partial charge in [-0.05, 0) is 48.9 Å². The first-order valence-corrected chi connectivity index (χ1v) is 15.2. The number of aromatic nitrogens is 2. The van der Waals surface area contributed by atoms with Crippen LogP contribution in [0.25, 0.3) is 16.9 Å². The summed E-state index contributed by atoms with van der Waals surface area (Å²) < 4.78 is 80.4. The van der Waals surface area contributed by atoms with Crippen molar-refractivity contribution in [2.24, 2.45) is 0 Å². The summed E-state index contributed by atoms with van der Waals surface area (Å²) in [5.74, 6) is -2.29. The molecule has 0 unspecified atom stereocenters. The average Bonchev–Trinajstić information content (AvgIpc) is 3.44. The number of sulfone groups is 1. The molecule has 1 heterocycles. The van der Waals surface area contributed by atoms with Crippen LogP contribution in [-0.4, -0.2) is 46.8 Å². The molecule has 0 saturated heterocycles. The van der Waals surface area contributed by atoms with E-state index in [1.165, 1.54) is 11.8 Å². The lowest BCUT2D eigenvalue weighted by Gasteiger charge is -2.29. The molecule has 0 spiro atoms. The number of hydrogen-bond donors (Lipinski definition) is 0. The fourth-order valence-corrected chi connectivity index (χ4v) is 5.34. The van der Waals surface area contributed by atoms with Gasteiger partial charge in [0.15, 0.2) is 9.84 Å². The van der Waals surface area contributed by atoms with E-state index in [9.17, 15) is 36.0 Å². The molecule has 0 saturated carbocycles. The first-order valence-electron chi connectivity index (χ1n) is 13.3. The molecule has 0 radical (unpaired) electrons. The number of alkyl halides is 3. The lowest BCUT2D eigenvalue weighted by molar-refractivity contribution is -0.140. The molecule has 0 aliphatic heterocycles. The van der Waals surface area contributed by atoms with Crippen molar-refractivity contribution in [1.82, 2.24) is 14.5 Å². The number of rotatable bonds is 10. The monoisotopic (exact) mass is 628 g/mol. The Morgan fingerprint density at radius 2 is 1.73 bits per heavy atom. The van der Waals surface area contributed by atoms with Crippen LogP contribution in [0.4, 0.5) is 17.6 Å². The Hall–Kier alpha value is -4.50. The van der Waals surface area contributed by atoms with Crippen molar-refractivity contribution in [3.05, 3.63) is 107 Å². The molecule has 3 aromatic carbocycles. The second-order valence-electron chi connectivity index (χ2n) is 9.87. The Labute approximate surface area is 254 Å². The third-order valence-corrected chi connectivity index (χ3v) is 8.70. The summed E-state index contributed by atoms with van der Waals surface area (Å²) in [5, 5.41) is 9.23. The minimum absolute atomic E-state index is 0. The van der Waals surface area contributed by atoms with Crippen molar-refractivity contribution in [3.63, 3.8) is 0 Å². The maximum atomic E-state index is 13.9. The Morgan fingerprint density at radius 3 is 2.32 bits per heavy atom. The minimum Gasteiger partial charge on any atom is -0.331 e. The topological polar surface area (TPSA) is 96.1 Å². The zero-order valence-electron chi connectivity index (χ0n) is 23.3. The number of halogens is 4. The van der Waals surface area contributed by atoms with Crippen LogP contribution in [0.15, 0.2) is 79.0 Å². The molecule has 0 aliphatic rings. The van der Waals surface area contributed by atoms with Crippen molar-refractivity contribution < 1.29 is 30.8 Å². The number of benzene rings is 3. The lowest BCUT2D eigenvalue weighted by Crippen LogP contribution is -2.39. The zero-order chi connectivity index (χ0) is 31.4. The molecule has 0 fully saturated rings. The van der Waals surface area contributed by atoms with E-state index in [-0.39, 0.29) is 31.0 Å². The van der Waals surface area contributed by atoms with Crippen LogP contribution < -0.4 is 0 Å². The van der Waals surface area contributed by atoms with Crippen LogP contribution in [0.1, 0.15) is 49.8 Å². The second kappa shape index (κ2) is 13.9. The summed E-state index contributed by atoms with van der Waals surface area (Å²) in [6.07, 6.45) is -3.72. The number of hydrogen-bond acceptors (Lipinski definition) is 5. The van der Waals surface area contributed by atoms with Crippen LogP contribution in [0, 0.1) is 17.1 Å². The van der Waals surface area contributed by atoms with Gasteiger partial charge in [0.1, 0.15) is 11.6 Å². The average molecular weight is 629 g/mol. The van der Waals surface area contributed by atoms with Gasteiger partial charge in [-0.25, -0.2) is 17.8 Å². The molecule has 1 aromatic heterocycles. The number of imidazole rings is 1. The highest BCUT2D eigenvalue weighted by molar-refractivity contribution is 7.91. The second-order valence-corrected chi connectivity index (χ2v) is 12.3. The minimum atomic E-state index is -4.95. The molecule has 7 nitrogen and oxygen atoms in total. The molecule has 4 aromatic rings. The van der Waals surface area contributed by atoms with Gasteiger partial charge in [-0.3, -0.25) is 4.79 Å². The molecular weight excluding hydrogens is 596 g/mol. The molecular formula is C32H32F4N4O3S. The molecule has 4 rings (SSSR count). The van der Waals surface area contributed by atoms with Crippen LogP contribution in [0.2, 0.25) is 0 Å². The van der Waals surface area contributed by atoms with Gasteiger partial charge in [0.25, 0.3) is 0 Å². The molecule has 0 N–H and O–H groups in total. The van der Waals surface area contributed by atoms with Gasteiger partial charge < -0.3 is 9.47 Å². The van der Waals surface area contributed by atoms with Crippen molar-refractivity contribution in [2.75, 3.05) is 18.1 Å². The first kappa shape index (κ1) is 34.0. The fraction of sp³-hybridized carbons (Fsp3) is 0.281. The van der Waals surface area contributed by atoms with Crippen molar-refractivity contribution >= 4 is 15.7 Å². The van der Waals surface area contributed by atoms with E-state index in [0.717, 1.165) is 11.6 Å². The molecule has 1 amide bonds. The predicted molar refractivity (Wildman–Crippen MR) is 160 cm³/mol. The van der Waals surface area contributed by atoms with Gasteiger partial charge in [-0.15, -0.1) is 0 Å². The van der Waals surface area contributed by atoms with Crippen LogP contribution >= 0.6 is 0 Å². The summed E-state index contributed by atoms with van der Waals surface area (Å²) in [5.41, 5.74) is 0.831. The summed E-state index contributed by atoms with van der Waals surface area (Å²) >= 11 is 0. The van der Waals surface area contributed by atoms with Crippen molar-refractivity contribution in [3.8, 4) is 23.0 Å². The first-order chi connectivity index (χ1) is 20.3. The maximum absolute atomic E-state index is 13.9. The van der Waals surface area contributed by atoms with E-state index in [0.29, 0.717) is 34.9 Å². The van der Waals surface area contributed by atoms with E-state index < -0.39 is 45.8 Å². The number of nitrogens with zero attached hydrogens (tertiary/aromatic N) is 4. The van der Waals surface area contributed by atoms with E-state index in [1.807, 2.05) is 30.3 Å². The standard InChI is InChI=1S/C31H28F4N4O3S.CH4/c1-3-43(41,42)16-15-38(29(40)18-23-11-14-27(32)26(17-23)31(33,34)35)21(2)30-37-28(24-7-5-4-6-8-24)20-39(30)25-12-9-22(19-36)10-13-25;/h4-14,17,20-21H,3,15-16,18H2,1-2H3;1H4/t21-;/m1./s1. The third-order valence-electron chi connectivity index (χ3n) is 7.01. The van der Waals surface area contributed by atoms with Crippen molar-refractivity contribution in [1.29, 1.82) is 5.26 Å². The summed E-state index contributed by atoms with van der Waals surface area (Å²) in [7, 11) is -3.53. The molecule has 0 aliphatic carbocycles. The molecule has 0 bridgehead atoms. The Bertz CT molecular complexity index is 1750. The zero-order valence-corrected chi connectivity index (χ0v) is 24.2. The Kier molecular flexibility index (Phi) is 10.7. The molecule has 1 atom stereocenters. The van der Waals surface area contributed by atoms with E-state index >= 15 is 0 Å². The van der Waals surface area contributed by atoms with Gasteiger partial charge in [-0.1, -0.05) is 50.7 Å². The van der Waals surface area contributed by atoms with E-state index in [1.54, 1.807) is 42.0 Å². The highest BCUT2D eigenvalue weighted by Gasteiger charge is 2.35. The highest BCUT2D eigenvalue weighted by atomic mass is 32.2. The number of nitriles is 1. The number of carbonyl (C=O) groups excluding carboxylic acids is 1. The summed E-state index contributed by atoms with van der Waals surface area (Å²) in [6.45, 7) is 2.88. The van der Waals surface area contributed by atoms with Crippen LogP contribution in [0.5, 0.6) is 0 Å². The normalized spacial score (nSPS) is 12.2. The molecule has 12 heteroatoms. The van der Waals surface area contributed by atoms with Gasteiger partial charge in [0.2, 0.25) is 5.91 Å². The van der Waals surface area contributed by atoms with E-state index in [2.05, 4.69) is 6.07 Å². The number of amides is 1. The molecule has 44 heavy (non-hydrogen) atoms. The highest BCUT2D eigenvalue weighted by Crippen LogP contribution is 2.33. The fourth-order valence-electron chi connectivity index (χ4n) is 4.57. The largest absolute Gasteiger partial charge is 0.419 e. The SMILES string of the molecule is C.CCS(=O)(=O)CCN(C(=O)Cc1ccc(F)c(C(F)(F)F)c1)[C@H](C)c1nc(-c2ccccc2)cn1-c1ccc(C#N)cc1. The quantitative estimate of drug-likeness (QED) is 0.181. The third kappa shape index (κ3) is 7.90. The van der Waals surface area contributed by atoms with Crippen LogP contribution in [-0.2, 0) is 27.2 Å². The van der Waals surface area contributed by atoms with E-state index in [4.69, 9.17) is 4.98 Å². The Balaban J connectivity index is 0.00000529. The Morgan fingerprint density at radius 1 is 1.07 bits per heavy atom. The maximum Gasteiger partial charge on any atom is 0.419 e. The molecule has 232 valence electrons. The van der Waals surface area contributed by atoms with Gasteiger partial charge in [-0.2, -0.15) is 18.4 Å². The summed E-state index contributed by atoms with van der Waals surface area (Å²) in [6, 6.07) is 19.4. The van der Waals surface area contributed by atoms with Gasteiger partial charge in [0.05, 0.1) is 41.1 Å². The van der Waals surface area contributed by atoms with Crippen molar-refractivity contribution in [2.45, 2.75) is 39.9 Å². The number of carbonyl (C=O) groups is 1. The van der Waals surface area contributed by atoms with Crippen LogP contribution in [0.3, 0.4) is 0 Å². The lowest BCUT2D eigenvalue weighted by atomic mass is 10.1. The predicted octanol–water partition coefficient (Wildman–Crippen LogP) is 6.77. The smallest absolute Gasteiger partial charge is 0.331 e. The van der Waals surface area contributed by atoms with Gasteiger partial charge >= 0.3 is 6.18 Å².